The van der Waals surface area contributed by atoms with Crippen LogP contribution in [0.4, 0.5) is 16.3 Å². The van der Waals surface area contributed by atoms with Crippen molar-refractivity contribution in [2.24, 2.45) is 0 Å². The average Bonchev–Trinajstić information content (AvgIpc) is 3.31. The Balaban J connectivity index is 1.30. The quantitative estimate of drug-likeness (QED) is 0.553. The number of amides is 2. The zero-order valence-corrected chi connectivity index (χ0v) is 19.6. The Morgan fingerprint density at radius 1 is 1.00 bits per heavy atom. The molecule has 0 unspecified atom stereocenters. The van der Waals surface area contributed by atoms with E-state index in [0.29, 0.717) is 19.0 Å². The Morgan fingerprint density at radius 3 is 2.51 bits per heavy atom. The van der Waals surface area contributed by atoms with Gasteiger partial charge in [-0.1, -0.05) is 24.3 Å². The van der Waals surface area contributed by atoms with Crippen molar-refractivity contribution in [3.63, 3.8) is 0 Å². The van der Waals surface area contributed by atoms with Crippen LogP contribution >= 0.6 is 0 Å². The molecule has 5 rings (SSSR count). The van der Waals surface area contributed by atoms with E-state index in [4.69, 9.17) is 14.5 Å². The molecular formula is C25H28N6O4. The molecule has 10 nitrogen and oxygen atoms in total. The van der Waals surface area contributed by atoms with Gasteiger partial charge in [0.15, 0.2) is 5.82 Å². The highest BCUT2D eigenvalue weighted by atomic mass is 16.6. The Hall–Kier alpha value is -4.08. The maximum absolute atomic E-state index is 12.3. The summed E-state index contributed by atoms with van der Waals surface area (Å²) in [7, 11) is 1.69. The van der Waals surface area contributed by atoms with E-state index < -0.39 is 6.09 Å². The molecule has 2 aliphatic rings. The number of ether oxygens (including phenoxy) is 2. The predicted molar refractivity (Wildman–Crippen MR) is 132 cm³/mol. The standard InChI is InChI=1S/C25H28N6O4/c1-34-21-9-5-4-8-20(21)29-10-12-30(13-11-29)24-18-6-2-3-7-19(18)27-22(28-24)16-26-23(32)17-31-14-15-35-25(31)33/h2-9H,10-17H2,1H3,(H,26,32). The molecule has 0 spiro atoms. The summed E-state index contributed by atoms with van der Waals surface area (Å²) < 4.78 is 10.4. The lowest BCUT2D eigenvalue weighted by Crippen LogP contribution is -2.47. The molecule has 10 heteroatoms. The van der Waals surface area contributed by atoms with Gasteiger partial charge in [-0.15, -0.1) is 0 Å². The number of nitrogens with one attached hydrogen (secondary N) is 1. The number of piperazine rings is 1. The van der Waals surface area contributed by atoms with Gasteiger partial charge < -0.3 is 24.6 Å². The highest BCUT2D eigenvalue weighted by molar-refractivity contribution is 5.89. The Labute approximate surface area is 203 Å². The molecule has 0 bridgehead atoms. The van der Waals surface area contributed by atoms with Gasteiger partial charge in [-0.05, 0) is 24.3 Å². The molecule has 182 valence electrons. The second-order valence-corrected chi connectivity index (χ2v) is 8.44. The van der Waals surface area contributed by atoms with E-state index in [-0.39, 0.29) is 19.0 Å². The van der Waals surface area contributed by atoms with Gasteiger partial charge in [0.05, 0.1) is 31.4 Å². The number of cyclic esters (lactones) is 1. The summed E-state index contributed by atoms with van der Waals surface area (Å²) in [6.07, 6.45) is -0.461. The molecule has 35 heavy (non-hydrogen) atoms. The van der Waals surface area contributed by atoms with Crippen LogP contribution in [0.3, 0.4) is 0 Å². The SMILES string of the molecule is COc1ccccc1N1CCN(c2nc(CNC(=O)CN3CCOC3=O)nc3ccccc23)CC1. The first-order valence-corrected chi connectivity index (χ1v) is 11.7. The van der Waals surface area contributed by atoms with Crippen molar-refractivity contribution in [1.29, 1.82) is 0 Å². The maximum atomic E-state index is 12.3. The van der Waals surface area contributed by atoms with Crippen molar-refractivity contribution < 1.29 is 19.1 Å². The first kappa shape index (κ1) is 22.7. The minimum atomic E-state index is -0.461. The normalized spacial score (nSPS) is 15.9. The van der Waals surface area contributed by atoms with Crippen LogP contribution < -0.4 is 19.9 Å². The fourth-order valence-corrected chi connectivity index (χ4v) is 4.45. The van der Waals surface area contributed by atoms with E-state index >= 15 is 0 Å². The number of hydrogen-bond acceptors (Lipinski definition) is 8. The average molecular weight is 477 g/mol. The number of methoxy groups -OCH3 is 1. The molecule has 2 amide bonds. The van der Waals surface area contributed by atoms with Gasteiger partial charge in [-0.25, -0.2) is 14.8 Å². The van der Waals surface area contributed by atoms with E-state index in [1.165, 1.54) is 4.90 Å². The van der Waals surface area contributed by atoms with Crippen LogP contribution in [0, 0.1) is 0 Å². The predicted octanol–water partition coefficient (Wildman–Crippen LogP) is 2.03. The number of hydrogen-bond donors (Lipinski definition) is 1. The number of rotatable bonds is 7. The largest absolute Gasteiger partial charge is 0.495 e. The van der Waals surface area contributed by atoms with Crippen LogP contribution in [-0.4, -0.2) is 79.9 Å². The molecule has 2 fully saturated rings. The molecule has 1 aromatic heterocycles. The van der Waals surface area contributed by atoms with Crippen molar-refractivity contribution in [1.82, 2.24) is 20.2 Å². The van der Waals surface area contributed by atoms with E-state index in [9.17, 15) is 9.59 Å². The van der Waals surface area contributed by atoms with Gasteiger partial charge in [-0.2, -0.15) is 0 Å². The minimum absolute atomic E-state index is 0.0375. The first-order chi connectivity index (χ1) is 17.1. The third kappa shape index (κ3) is 4.91. The summed E-state index contributed by atoms with van der Waals surface area (Å²) in [4.78, 5) is 39.4. The highest BCUT2D eigenvalue weighted by Crippen LogP contribution is 2.30. The van der Waals surface area contributed by atoms with Gasteiger partial charge in [0, 0.05) is 31.6 Å². The van der Waals surface area contributed by atoms with Crippen molar-refractivity contribution in [3.05, 3.63) is 54.4 Å². The lowest BCUT2D eigenvalue weighted by Gasteiger charge is -2.37. The fraction of sp³-hybridized carbons (Fsp3) is 0.360. The van der Waals surface area contributed by atoms with Crippen molar-refractivity contribution >= 4 is 34.4 Å². The van der Waals surface area contributed by atoms with Crippen LogP contribution in [-0.2, 0) is 16.1 Å². The monoisotopic (exact) mass is 476 g/mol. The maximum Gasteiger partial charge on any atom is 0.410 e. The first-order valence-electron chi connectivity index (χ1n) is 11.7. The lowest BCUT2D eigenvalue weighted by molar-refractivity contribution is -0.121. The van der Waals surface area contributed by atoms with Crippen LogP contribution in [0.2, 0.25) is 0 Å². The molecule has 0 aliphatic carbocycles. The number of carbonyl (C=O) groups excluding carboxylic acids is 2. The second-order valence-electron chi connectivity index (χ2n) is 8.44. The second kappa shape index (κ2) is 10.0. The molecule has 2 aliphatic heterocycles. The fourth-order valence-electron chi connectivity index (χ4n) is 4.45. The van der Waals surface area contributed by atoms with Gasteiger partial charge in [0.25, 0.3) is 0 Å². The van der Waals surface area contributed by atoms with Crippen molar-refractivity contribution in [2.45, 2.75) is 6.54 Å². The van der Waals surface area contributed by atoms with E-state index in [1.54, 1.807) is 7.11 Å². The van der Waals surface area contributed by atoms with Gasteiger partial charge >= 0.3 is 6.09 Å². The highest BCUT2D eigenvalue weighted by Gasteiger charge is 2.25. The zero-order chi connectivity index (χ0) is 24.2. The lowest BCUT2D eigenvalue weighted by atomic mass is 10.2. The summed E-state index contributed by atoms with van der Waals surface area (Å²) in [5, 5.41) is 3.81. The number of carbonyl (C=O) groups is 2. The van der Waals surface area contributed by atoms with E-state index in [1.807, 2.05) is 42.5 Å². The Morgan fingerprint density at radius 2 is 1.74 bits per heavy atom. The van der Waals surface area contributed by atoms with Crippen molar-refractivity contribution in [3.8, 4) is 5.75 Å². The number of anilines is 2. The molecule has 0 atom stereocenters. The summed E-state index contributed by atoms with van der Waals surface area (Å²) >= 11 is 0. The Kier molecular flexibility index (Phi) is 6.51. The zero-order valence-electron chi connectivity index (χ0n) is 19.6. The summed E-state index contributed by atoms with van der Waals surface area (Å²) in [6.45, 7) is 4.12. The number of fused-ring (bicyclic) bond motifs is 1. The summed E-state index contributed by atoms with van der Waals surface area (Å²) in [5.41, 5.74) is 1.92. The van der Waals surface area contributed by atoms with Gasteiger partial charge in [0.2, 0.25) is 5.91 Å². The topological polar surface area (TPSA) is 100 Å². The smallest absolute Gasteiger partial charge is 0.410 e. The van der Waals surface area contributed by atoms with Crippen LogP contribution in [0.1, 0.15) is 5.82 Å². The van der Waals surface area contributed by atoms with Crippen LogP contribution in [0.5, 0.6) is 5.75 Å². The number of benzene rings is 2. The molecule has 3 heterocycles. The molecule has 0 radical (unpaired) electrons. The molecule has 3 aromatic rings. The Bertz CT molecular complexity index is 1230. The van der Waals surface area contributed by atoms with Crippen LogP contribution in [0.25, 0.3) is 10.9 Å². The van der Waals surface area contributed by atoms with Gasteiger partial charge in [0.1, 0.15) is 24.7 Å². The molecule has 0 saturated carbocycles. The number of aromatic nitrogens is 2. The molecular weight excluding hydrogens is 448 g/mol. The summed E-state index contributed by atoms with van der Waals surface area (Å²) in [5.74, 6) is 1.99. The summed E-state index contributed by atoms with van der Waals surface area (Å²) in [6, 6.07) is 16.0. The van der Waals surface area contributed by atoms with Gasteiger partial charge in [-0.3, -0.25) is 9.69 Å². The van der Waals surface area contributed by atoms with Crippen molar-refractivity contribution in [2.75, 3.05) is 62.8 Å². The molecule has 2 aromatic carbocycles. The third-order valence-corrected chi connectivity index (χ3v) is 6.26. The third-order valence-electron chi connectivity index (χ3n) is 6.26. The minimum Gasteiger partial charge on any atom is -0.495 e. The number of nitrogens with zero attached hydrogens (tertiary/aromatic N) is 5. The number of para-hydroxylation sites is 3. The van der Waals surface area contributed by atoms with E-state index in [2.05, 4.69) is 26.2 Å². The molecule has 1 N–H and O–H groups in total. The van der Waals surface area contributed by atoms with E-state index in [0.717, 1.165) is 54.3 Å². The molecule has 2 saturated heterocycles. The van der Waals surface area contributed by atoms with Crippen LogP contribution in [0.15, 0.2) is 48.5 Å².